The van der Waals surface area contributed by atoms with Crippen LogP contribution in [0.5, 0.6) is 0 Å². The number of aliphatic hydroxyl groups is 1. The molecule has 1 unspecified atom stereocenters. The van der Waals surface area contributed by atoms with Crippen LogP contribution in [0.15, 0.2) is 0 Å². The summed E-state index contributed by atoms with van der Waals surface area (Å²) in [6.45, 7) is 5.61. The first-order valence-electron chi connectivity index (χ1n) is 5.60. The van der Waals surface area contributed by atoms with Crippen LogP contribution in [0.3, 0.4) is 0 Å². The van der Waals surface area contributed by atoms with Crippen LogP contribution >= 0.6 is 0 Å². The number of nitrogens with two attached hydrogens (primary N) is 1. The van der Waals surface area contributed by atoms with E-state index >= 15 is 0 Å². The summed E-state index contributed by atoms with van der Waals surface area (Å²) < 4.78 is 10.9. The van der Waals surface area contributed by atoms with Crippen molar-refractivity contribution in [2.24, 2.45) is 5.73 Å². The molecule has 0 aromatic heterocycles. The highest BCUT2D eigenvalue weighted by Crippen LogP contribution is 2.42. The van der Waals surface area contributed by atoms with Crippen molar-refractivity contribution in [2.45, 2.75) is 49.9 Å². The molecule has 4 heteroatoms. The fraction of sp³-hybridized carbons (Fsp3) is 1.00. The fourth-order valence-corrected chi connectivity index (χ4v) is 2.64. The minimum atomic E-state index is -0.889. The second-order valence-corrected chi connectivity index (χ2v) is 5.53. The molecule has 0 aromatic rings. The van der Waals surface area contributed by atoms with Crippen molar-refractivity contribution < 1.29 is 14.6 Å². The lowest BCUT2D eigenvalue weighted by Crippen LogP contribution is -2.63. The molecule has 3 N–H and O–H groups in total. The van der Waals surface area contributed by atoms with E-state index in [-0.39, 0.29) is 5.60 Å². The molecule has 0 radical (unpaired) electrons. The van der Waals surface area contributed by atoms with Crippen molar-refractivity contribution in [1.82, 2.24) is 0 Å². The van der Waals surface area contributed by atoms with E-state index in [4.69, 9.17) is 15.2 Å². The van der Waals surface area contributed by atoms with Crippen molar-refractivity contribution >= 4 is 0 Å². The van der Waals surface area contributed by atoms with Crippen LogP contribution in [-0.2, 0) is 9.47 Å². The molecular weight excluding hydrogens is 194 g/mol. The van der Waals surface area contributed by atoms with E-state index in [0.29, 0.717) is 39.1 Å². The molecule has 2 fully saturated rings. The van der Waals surface area contributed by atoms with Crippen LogP contribution in [0, 0.1) is 0 Å². The van der Waals surface area contributed by atoms with Gasteiger partial charge in [-0.05, 0) is 26.7 Å². The smallest absolute Gasteiger partial charge is 0.109 e. The zero-order chi connectivity index (χ0) is 11.2. The molecule has 2 heterocycles. The van der Waals surface area contributed by atoms with E-state index in [2.05, 4.69) is 0 Å². The average molecular weight is 215 g/mol. The molecule has 0 aromatic carbocycles. The lowest BCUT2D eigenvalue weighted by molar-refractivity contribution is -0.0845. The second kappa shape index (κ2) is 3.42. The van der Waals surface area contributed by atoms with E-state index in [0.717, 1.165) is 0 Å². The molecule has 4 nitrogen and oxygen atoms in total. The van der Waals surface area contributed by atoms with E-state index in [1.54, 1.807) is 0 Å². The van der Waals surface area contributed by atoms with Gasteiger partial charge in [0.25, 0.3) is 0 Å². The summed E-state index contributed by atoms with van der Waals surface area (Å²) >= 11 is 0. The minimum absolute atomic E-state index is 0.264. The molecule has 0 aliphatic carbocycles. The van der Waals surface area contributed by atoms with Gasteiger partial charge in [-0.2, -0.15) is 0 Å². The van der Waals surface area contributed by atoms with Crippen molar-refractivity contribution in [3.8, 4) is 0 Å². The maximum Gasteiger partial charge on any atom is 0.109 e. The van der Waals surface area contributed by atoms with E-state index < -0.39 is 11.1 Å². The van der Waals surface area contributed by atoms with Gasteiger partial charge in [0, 0.05) is 19.6 Å². The number of rotatable bonds is 1. The highest BCUT2D eigenvalue weighted by atomic mass is 16.5. The summed E-state index contributed by atoms with van der Waals surface area (Å²) in [4.78, 5) is 0. The number of hydrogen-bond acceptors (Lipinski definition) is 4. The van der Waals surface area contributed by atoms with Gasteiger partial charge in [-0.25, -0.2) is 0 Å². The van der Waals surface area contributed by atoms with Gasteiger partial charge >= 0.3 is 0 Å². The highest BCUT2D eigenvalue weighted by molar-refractivity contribution is 5.10. The Bertz CT molecular complexity index is 248. The average Bonchev–Trinajstić information content (AvgIpc) is 2.44. The zero-order valence-electron chi connectivity index (χ0n) is 9.58. The third kappa shape index (κ3) is 1.91. The van der Waals surface area contributed by atoms with Gasteiger partial charge in [-0.15, -0.1) is 0 Å². The van der Waals surface area contributed by atoms with Gasteiger partial charge in [0.2, 0.25) is 0 Å². The fourth-order valence-electron chi connectivity index (χ4n) is 2.64. The van der Waals surface area contributed by atoms with Crippen LogP contribution in [0.2, 0.25) is 0 Å². The van der Waals surface area contributed by atoms with Gasteiger partial charge in [0.1, 0.15) is 5.60 Å². The molecule has 0 amide bonds. The molecular formula is C11H21NO3. The van der Waals surface area contributed by atoms with Crippen molar-refractivity contribution in [3.63, 3.8) is 0 Å². The summed E-state index contributed by atoms with van der Waals surface area (Å²) in [7, 11) is 0. The Labute approximate surface area is 90.7 Å². The van der Waals surface area contributed by atoms with E-state index in [9.17, 15) is 5.11 Å². The monoisotopic (exact) mass is 215 g/mol. The SMILES string of the molecule is CC1(C)CC(O)(C2(N)CCOCC2)CO1. The summed E-state index contributed by atoms with van der Waals surface area (Å²) in [6, 6.07) is 0. The van der Waals surface area contributed by atoms with Crippen LogP contribution < -0.4 is 5.73 Å². The van der Waals surface area contributed by atoms with E-state index in [1.165, 1.54) is 0 Å². The third-order valence-corrected chi connectivity index (χ3v) is 3.73. The standard InChI is InChI=1S/C11H21NO3/c1-9(2)7-11(13,8-15-9)10(12)3-5-14-6-4-10/h13H,3-8,12H2,1-2H3. The predicted octanol–water partition coefficient (Wildman–Crippen LogP) is 0.424. The van der Waals surface area contributed by atoms with Gasteiger partial charge in [-0.3, -0.25) is 0 Å². The first kappa shape index (κ1) is 11.3. The molecule has 0 saturated carbocycles. The lowest BCUT2D eigenvalue weighted by Gasteiger charge is -2.44. The van der Waals surface area contributed by atoms with Crippen LogP contribution in [0.1, 0.15) is 33.1 Å². The van der Waals surface area contributed by atoms with Crippen LogP contribution in [0.25, 0.3) is 0 Å². The molecule has 88 valence electrons. The minimum Gasteiger partial charge on any atom is -0.385 e. The zero-order valence-corrected chi connectivity index (χ0v) is 9.58. The van der Waals surface area contributed by atoms with Crippen molar-refractivity contribution in [3.05, 3.63) is 0 Å². The topological polar surface area (TPSA) is 64.7 Å². The summed E-state index contributed by atoms with van der Waals surface area (Å²) in [6.07, 6.45) is 2.03. The van der Waals surface area contributed by atoms with Crippen molar-refractivity contribution in [2.75, 3.05) is 19.8 Å². The summed E-state index contributed by atoms with van der Waals surface area (Å²) in [5, 5.41) is 10.6. The first-order valence-corrected chi connectivity index (χ1v) is 5.60. The Morgan fingerprint density at radius 1 is 1.20 bits per heavy atom. The van der Waals surface area contributed by atoms with Crippen LogP contribution in [0.4, 0.5) is 0 Å². The molecule has 2 rings (SSSR count). The summed E-state index contributed by atoms with van der Waals surface area (Å²) in [5.41, 5.74) is 4.61. The largest absolute Gasteiger partial charge is 0.385 e. The van der Waals surface area contributed by atoms with Gasteiger partial charge < -0.3 is 20.3 Å². The Hall–Kier alpha value is -0.160. The maximum atomic E-state index is 10.6. The lowest BCUT2D eigenvalue weighted by atomic mass is 9.72. The predicted molar refractivity (Wildman–Crippen MR) is 56.6 cm³/mol. The molecule has 15 heavy (non-hydrogen) atoms. The third-order valence-electron chi connectivity index (χ3n) is 3.73. The number of hydrogen-bond donors (Lipinski definition) is 2. The van der Waals surface area contributed by atoms with Crippen LogP contribution in [-0.4, -0.2) is 41.7 Å². The van der Waals surface area contributed by atoms with Gasteiger partial charge in [0.05, 0.1) is 17.7 Å². The van der Waals surface area contributed by atoms with Gasteiger partial charge in [-0.1, -0.05) is 0 Å². The molecule has 0 bridgehead atoms. The van der Waals surface area contributed by atoms with E-state index in [1.807, 2.05) is 13.8 Å². The Morgan fingerprint density at radius 3 is 2.27 bits per heavy atom. The molecule has 0 spiro atoms. The normalized spacial score (nSPS) is 39.2. The molecule has 2 aliphatic rings. The molecule has 2 aliphatic heterocycles. The first-order chi connectivity index (χ1) is 6.87. The second-order valence-electron chi connectivity index (χ2n) is 5.53. The Morgan fingerprint density at radius 2 is 1.80 bits per heavy atom. The highest BCUT2D eigenvalue weighted by Gasteiger charge is 2.55. The Balaban J connectivity index is 2.15. The molecule has 1 atom stereocenters. The maximum absolute atomic E-state index is 10.6. The van der Waals surface area contributed by atoms with Gasteiger partial charge in [0.15, 0.2) is 0 Å². The van der Waals surface area contributed by atoms with Crippen molar-refractivity contribution in [1.29, 1.82) is 0 Å². The Kier molecular flexibility index (Phi) is 2.58. The quantitative estimate of drug-likeness (QED) is 0.665. The molecule has 2 saturated heterocycles. The number of ether oxygens (including phenoxy) is 2. The summed E-state index contributed by atoms with van der Waals surface area (Å²) in [5.74, 6) is 0.